The summed E-state index contributed by atoms with van der Waals surface area (Å²) < 4.78 is 5.24. The van der Waals surface area contributed by atoms with Gasteiger partial charge >= 0.3 is 0 Å². The molecule has 22 heavy (non-hydrogen) atoms. The summed E-state index contributed by atoms with van der Waals surface area (Å²) >= 11 is 7.49. The summed E-state index contributed by atoms with van der Waals surface area (Å²) in [5.41, 5.74) is 1.10. The third-order valence-electron chi connectivity index (χ3n) is 2.88. The molecule has 0 spiro atoms. The van der Waals surface area contributed by atoms with Gasteiger partial charge in [-0.2, -0.15) is 4.98 Å². The lowest BCUT2D eigenvalue weighted by Crippen LogP contribution is -1.81. The Labute approximate surface area is 138 Å². The Bertz CT molecular complexity index is 754. The van der Waals surface area contributed by atoms with E-state index in [-0.39, 0.29) is 0 Å². The van der Waals surface area contributed by atoms with Crippen LogP contribution in [0.4, 0.5) is 0 Å². The molecular formula is C17H13ClN2OS. The molecule has 1 aromatic heterocycles. The van der Waals surface area contributed by atoms with Crippen LogP contribution in [0.5, 0.6) is 0 Å². The highest BCUT2D eigenvalue weighted by atomic mass is 35.5. The van der Waals surface area contributed by atoms with Crippen LogP contribution in [0.15, 0.2) is 64.0 Å². The molecule has 0 N–H and O–H groups in total. The molecule has 0 radical (unpaired) electrons. The highest BCUT2D eigenvalue weighted by Crippen LogP contribution is 2.23. The van der Waals surface area contributed by atoms with Crippen molar-refractivity contribution < 1.29 is 4.52 Å². The summed E-state index contributed by atoms with van der Waals surface area (Å²) in [4.78, 5) is 5.46. The number of benzene rings is 2. The highest BCUT2D eigenvalue weighted by Gasteiger charge is 2.04. The maximum atomic E-state index is 5.86. The Balaban J connectivity index is 1.59. The van der Waals surface area contributed by atoms with Crippen molar-refractivity contribution in [1.29, 1.82) is 0 Å². The summed E-state index contributed by atoms with van der Waals surface area (Å²) in [5.74, 6) is 1.82. The third-order valence-corrected chi connectivity index (χ3v) is 4.13. The zero-order chi connectivity index (χ0) is 15.2. The second-order valence-corrected chi connectivity index (χ2v) is 6.02. The maximum absolute atomic E-state index is 5.86. The van der Waals surface area contributed by atoms with E-state index in [1.54, 1.807) is 11.8 Å². The maximum Gasteiger partial charge on any atom is 0.237 e. The number of hydrogen-bond donors (Lipinski definition) is 0. The molecule has 1 heterocycles. The third kappa shape index (κ3) is 4.23. The van der Waals surface area contributed by atoms with Crippen molar-refractivity contribution in [3.8, 4) is 0 Å². The Morgan fingerprint density at radius 3 is 2.55 bits per heavy atom. The monoisotopic (exact) mass is 328 g/mol. The van der Waals surface area contributed by atoms with Gasteiger partial charge in [0.25, 0.3) is 0 Å². The minimum atomic E-state index is 0.579. The van der Waals surface area contributed by atoms with Crippen molar-refractivity contribution in [3.63, 3.8) is 0 Å². The van der Waals surface area contributed by atoms with Crippen LogP contribution < -0.4 is 0 Å². The van der Waals surface area contributed by atoms with E-state index in [0.29, 0.717) is 17.5 Å². The van der Waals surface area contributed by atoms with Crippen molar-refractivity contribution in [1.82, 2.24) is 10.1 Å². The number of rotatable bonds is 5. The molecule has 2 aromatic carbocycles. The SMILES string of the molecule is Clc1ccc(SCc2nc(/C=C/c3ccccc3)no2)cc1. The van der Waals surface area contributed by atoms with Gasteiger partial charge in [0.15, 0.2) is 5.82 Å². The summed E-state index contributed by atoms with van der Waals surface area (Å²) in [6.45, 7) is 0. The fraction of sp³-hybridized carbons (Fsp3) is 0.0588. The summed E-state index contributed by atoms with van der Waals surface area (Å²) in [5, 5.41) is 4.68. The van der Waals surface area contributed by atoms with E-state index in [4.69, 9.17) is 16.1 Å². The molecule has 5 heteroatoms. The molecule has 0 aliphatic heterocycles. The van der Waals surface area contributed by atoms with Crippen molar-refractivity contribution in [2.75, 3.05) is 0 Å². The van der Waals surface area contributed by atoms with E-state index >= 15 is 0 Å². The van der Waals surface area contributed by atoms with Gasteiger partial charge in [-0.1, -0.05) is 53.2 Å². The average Bonchev–Trinajstić information content (AvgIpc) is 3.01. The minimum Gasteiger partial charge on any atom is -0.338 e. The fourth-order valence-corrected chi connectivity index (χ4v) is 2.67. The fourth-order valence-electron chi connectivity index (χ4n) is 1.81. The van der Waals surface area contributed by atoms with Gasteiger partial charge in [-0.05, 0) is 35.9 Å². The Hall–Kier alpha value is -2.04. The normalized spacial score (nSPS) is 11.1. The first-order valence-electron chi connectivity index (χ1n) is 6.74. The number of halogens is 1. The Morgan fingerprint density at radius 2 is 1.77 bits per heavy atom. The zero-order valence-electron chi connectivity index (χ0n) is 11.6. The molecule has 0 aliphatic rings. The average molecular weight is 329 g/mol. The summed E-state index contributed by atoms with van der Waals surface area (Å²) in [6, 6.07) is 17.7. The molecule has 3 aromatic rings. The van der Waals surface area contributed by atoms with E-state index in [0.717, 1.165) is 15.5 Å². The van der Waals surface area contributed by atoms with Crippen molar-refractivity contribution >= 4 is 35.5 Å². The first-order valence-corrected chi connectivity index (χ1v) is 8.10. The van der Waals surface area contributed by atoms with Crippen LogP contribution in [-0.4, -0.2) is 10.1 Å². The smallest absolute Gasteiger partial charge is 0.237 e. The molecule has 0 unspecified atom stereocenters. The van der Waals surface area contributed by atoms with E-state index in [1.165, 1.54) is 0 Å². The summed E-state index contributed by atoms with van der Waals surface area (Å²) in [6.07, 6.45) is 3.80. The molecular weight excluding hydrogens is 316 g/mol. The van der Waals surface area contributed by atoms with Gasteiger partial charge in [0.05, 0.1) is 5.75 Å². The minimum absolute atomic E-state index is 0.579. The molecule has 3 nitrogen and oxygen atoms in total. The largest absolute Gasteiger partial charge is 0.338 e. The van der Waals surface area contributed by atoms with Crippen LogP contribution in [0, 0.1) is 0 Å². The lowest BCUT2D eigenvalue weighted by Gasteiger charge is -1.97. The zero-order valence-corrected chi connectivity index (χ0v) is 13.2. The van der Waals surface area contributed by atoms with Crippen LogP contribution in [0.2, 0.25) is 5.02 Å². The van der Waals surface area contributed by atoms with Gasteiger partial charge in [0.1, 0.15) is 0 Å². The second kappa shape index (κ2) is 7.29. The van der Waals surface area contributed by atoms with Gasteiger partial charge in [-0.3, -0.25) is 0 Å². The summed E-state index contributed by atoms with van der Waals surface area (Å²) in [7, 11) is 0. The van der Waals surface area contributed by atoms with Gasteiger partial charge < -0.3 is 4.52 Å². The highest BCUT2D eigenvalue weighted by molar-refractivity contribution is 7.98. The van der Waals surface area contributed by atoms with Crippen molar-refractivity contribution in [2.45, 2.75) is 10.6 Å². The van der Waals surface area contributed by atoms with E-state index in [1.807, 2.05) is 66.7 Å². The van der Waals surface area contributed by atoms with E-state index in [9.17, 15) is 0 Å². The van der Waals surface area contributed by atoms with E-state index < -0.39 is 0 Å². The van der Waals surface area contributed by atoms with Crippen molar-refractivity contribution in [3.05, 3.63) is 76.9 Å². The van der Waals surface area contributed by atoms with Gasteiger partial charge in [0.2, 0.25) is 5.89 Å². The van der Waals surface area contributed by atoms with Crippen molar-refractivity contribution in [2.24, 2.45) is 0 Å². The lowest BCUT2D eigenvalue weighted by atomic mass is 10.2. The second-order valence-electron chi connectivity index (χ2n) is 4.53. The van der Waals surface area contributed by atoms with Crippen LogP contribution in [0.25, 0.3) is 12.2 Å². The molecule has 0 fully saturated rings. The molecule has 0 bridgehead atoms. The van der Waals surface area contributed by atoms with E-state index in [2.05, 4.69) is 10.1 Å². The van der Waals surface area contributed by atoms with Gasteiger partial charge in [-0.15, -0.1) is 11.8 Å². The topological polar surface area (TPSA) is 38.9 Å². The Kier molecular flexibility index (Phi) is 4.93. The van der Waals surface area contributed by atoms with Crippen LogP contribution >= 0.6 is 23.4 Å². The first-order chi connectivity index (χ1) is 10.8. The van der Waals surface area contributed by atoms with Gasteiger partial charge in [-0.25, -0.2) is 0 Å². The molecule has 0 atom stereocenters. The quantitative estimate of drug-likeness (QED) is 0.604. The first kappa shape index (κ1) is 14.9. The molecule has 3 rings (SSSR count). The Morgan fingerprint density at radius 1 is 1.00 bits per heavy atom. The molecule has 110 valence electrons. The van der Waals surface area contributed by atoms with Crippen LogP contribution in [0.3, 0.4) is 0 Å². The molecule has 0 saturated heterocycles. The van der Waals surface area contributed by atoms with Gasteiger partial charge in [0, 0.05) is 9.92 Å². The van der Waals surface area contributed by atoms with Crippen LogP contribution in [0.1, 0.15) is 17.3 Å². The number of aromatic nitrogens is 2. The predicted molar refractivity (Wildman–Crippen MR) is 90.7 cm³/mol. The molecule has 0 saturated carbocycles. The number of hydrogen-bond acceptors (Lipinski definition) is 4. The predicted octanol–water partition coefficient (Wildman–Crippen LogP) is 5.19. The lowest BCUT2D eigenvalue weighted by molar-refractivity contribution is 0.389. The molecule has 0 amide bonds. The van der Waals surface area contributed by atoms with Crippen LogP contribution in [-0.2, 0) is 5.75 Å². The standard InChI is InChI=1S/C17H13ClN2OS/c18-14-7-9-15(10-8-14)22-12-17-19-16(20-21-17)11-6-13-4-2-1-3-5-13/h1-11H,12H2/b11-6+. The number of thioether (sulfide) groups is 1. The number of nitrogens with zero attached hydrogens (tertiary/aromatic N) is 2. The molecule has 0 aliphatic carbocycles.